The van der Waals surface area contributed by atoms with Crippen molar-refractivity contribution in [1.82, 2.24) is 5.32 Å². The lowest BCUT2D eigenvalue weighted by molar-refractivity contribution is -0.114. The SMILES string of the molecule is CCNC(=O)c1ccc(NC(=O)CNc2ccccc2OCC2CCCO2)cc1. The molecule has 1 aliphatic heterocycles. The molecule has 2 amide bonds. The molecule has 0 aromatic heterocycles. The lowest BCUT2D eigenvalue weighted by atomic mass is 10.2. The molecular weight excluding hydrogens is 370 g/mol. The Hall–Kier alpha value is -3.06. The molecular formula is C22H27N3O4. The van der Waals surface area contributed by atoms with Crippen LogP contribution in [-0.2, 0) is 9.53 Å². The van der Waals surface area contributed by atoms with E-state index < -0.39 is 0 Å². The van der Waals surface area contributed by atoms with Gasteiger partial charge in [0.15, 0.2) is 0 Å². The molecule has 1 saturated heterocycles. The number of carbonyl (C=O) groups excluding carboxylic acids is 2. The van der Waals surface area contributed by atoms with Crippen LogP contribution < -0.4 is 20.7 Å². The molecule has 29 heavy (non-hydrogen) atoms. The van der Waals surface area contributed by atoms with Gasteiger partial charge in [-0.1, -0.05) is 12.1 Å². The summed E-state index contributed by atoms with van der Waals surface area (Å²) in [5.74, 6) is 0.374. The Morgan fingerprint density at radius 2 is 1.93 bits per heavy atom. The molecule has 0 aliphatic carbocycles. The maximum Gasteiger partial charge on any atom is 0.251 e. The molecule has 1 atom stereocenters. The van der Waals surface area contributed by atoms with Crippen molar-refractivity contribution in [2.45, 2.75) is 25.9 Å². The number of rotatable bonds is 9. The number of ether oxygens (including phenoxy) is 2. The van der Waals surface area contributed by atoms with E-state index >= 15 is 0 Å². The molecule has 7 nitrogen and oxygen atoms in total. The van der Waals surface area contributed by atoms with E-state index in [0.29, 0.717) is 30.2 Å². The molecule has 3 rings (SSSR count). The third-order valence-corrected chi connectivity index (χ3v) is 4.54. The first-order valence-corrected chi connectivity index (χ1v) is 9.91. The van der Waals surface area contributed by atoms with Gasteiger partial charge in [-0.05, 0) is 56.2 Å². The number of anilines is 2. The quantitative estimate of drug-likeness (QED) is 0.605. The lowest BCUT2D eigenvalue weighted by Crippen LogP contribution is -2.23. The van der Waals surface area contributed by atoms with Gasteiger partial charge in [0.1, 0.15) is 12.4 Å². The number of carbonyl (C=O) groups is 2. The van der Waals surface area contributed by atoms with Crippen molar-refractivity contribution >= 4 is 23.2 Å². The molecule has 1 fully saturated rings. The van der Waals surface area contributed by atoms with E-state index in [9.17, 15) is 9.59 Å². The summed E-state index contributed by atoms with van der Waals surface area (Å²) in [5.41, 5.74) is 1.94. The van der Waals surface area contributed by atoms with Crippen LogP contribution in [0.4, 0.5) is 11.4 Å². The Morgan fingerprint density at radius 1 is 1.14 bits per heavy atom. The molecule has 1 unspecified atom stereocenters. The first kappa shape index (κ1) is 20.7. The van der Waals surface area contributed by atoms with E-state index in [0.717, 1.165) is 25.1 Å². The van der Waals surface area contributed by atoms with Crippen molar-refractivity contribution in [1.29, 1.82) is 0 Å². The third-order valence-electron chi connectivity index (χ3n) is 4.54. The van der Waals surface area contributed by atoms with Crippen LogP contribution in [0.15, 0.2) is 48.5 Å². The first-order valence-electron chi connectivity index (χ1n) is 9.91. The van der Waals surface area contributed by atoms with Crippen molar-refractivity contribution < 1.29 is 19.1 Å². The van der Waals surface area contributed by atoms with Crippen LogP contribution >= 0.6 is 0 Å². The summed E-state index contributed by atoms with van der Waals surface area (Å²) in [7, 11) is 0. The van der Waals surface area contributed by atoms with Crippen LogP contribution in [0, 0.1) is 0 Å². The van der Waals surface area contributed by atoms with Crippen LogP contribution in [0.1, 0.15) is 30.1 Å². The molecule has 2 aromatic carbocycles. The summed E-state index contributed by atoms with van der Waals surface area (Å²) in [6, 6.07) is 14.3. The molecule has 0 bridgehead atoms. The van der Waals surface area contributed by atoms with Gasteiger partial charge in [0, 0.05) is 24.4 Å². The molecule has 1 aliphatic rings. The van der Waals surface area contributed by atoms with Crippen molar-refractivity contribution in [2.75, 3.05) is 36.9 Å². The summed E-state index contributed by atoms with van der Waals surface area (Å²) in [4.78, 5) is 24.1. The first-order chi connectivity index (χ1) is 14.2. The van der Waals surface area contributed by atoms with E-state index in [-0.39, 0.29) is 24.5 Å². The number of para-hydroxylation sites is 2. The van der Waals surface area contributed by atoms with Crippen LogP contribution in [0.25, 0.3) is 0 Å². The third kappa shape index (κ3) is 6.22. The normalized spacial score (nSPS) is 15.6. The smallest absolute Gasteiger partial charge is 0.251 e. The summed E-state index contributed by atoms with van der Waals surface area (Å²) in [5, 5.41) is 8.66. The van der Waals surface area contributed by atoms with Crippen molar-refractivity contribution in [3.63, 3.8) is 0 Å². The van der Waals surface area contributed by atoms with Gasteiger partial charge in [0.25, 0.3) is 5.91 Å². The van der Waals surface area contributed by atoms with E-state index in [1.807, 2.05) is 31.2 Å². The number of hydrogen-bond acceptors (Lipinski definition) is 5. The maximum absolute atomic E-state index is 12.3. The molecule has 0 saturated carbocycles. The largest absolute Gasteiger partial charge is 0.489 e. The van der Waals surface area contributed by atoms with Gasteiger partial charge in [0.2, 0.25) is 5.91 Å². The molecule has 3 N–H and O–H groups in total. The number of nitrogens with one attached hydrogen (secondary N) is 3. The topological polar surface area (TPSA) is 88.7 Å². The van der Waals surface area contributed by atoms with Gasteiger partial charge < -0.3 is 25.4 Å². The molecule has 154 valence electrons. The Balaban J connectivity index is 1.49. The minimum absolute atomic E-state index is 0.0956. The van der Waals surface area contributed by atoms with Crippen molar-refractivity contribution in [3.05, 3.63) is 54.1 Å². The predicted octanol–water partition coefficient (Wildman–Crippen LogP) is 3.04. The highest BCUT2D eigenvalue weighted by Gasteiger charge is 2.17. The lowest BCUT2D eigenvalue weighted by Gasteiger charge is -2.15. The fourth-order valence-electron chi connectivity index (χ4n) is 3.05. The van der Waals surface area contributed by atoms with Crippen LogP contribution in [0.5, 0.6) is 5.75 Å². The fourth-order valence-corrected chi connectivity index (χ4v) is 3.05. The van der Waals surface area contributed by atoms with Gasteiger partial charge >= 0.3 is 0 Å². The second kappa shape index (κ2) is 10.5. The van der Waals surface area contributed by atoms with Crippen LogP contribution in [-0.4, -0.2) is 44.2 Å². The molecule has 0 radical (unpaired) electrons. The minimum Gasteiger partial charge on any atom is -0.489 e. The number of hydrogen-bond donors (Lipinski definition) is 3. The number of amides is 2. The summed E-state index contributed by atoms with van der Waals surface area (Å²) >= 11 is 0. The minimum atomic E-state index is -0.190. The van der Waals surface area contributed by atoms with E-state index in [2.05, 4.69) is 16.0 Å². The highest BCUT2D eigenvalue weighted by Crippen LogP contribution is 2.25. The van der Waals surface area contributed by atoms with E-state index in [1.165, 1.54) is 0 Å². The Kier molecular flexibility index (Phi) is 7.47. The Morgan fingerprint density at radius 3 is 2.66 bits per heavy atom. The highest BCUT2D eigenvalue weighted by molar-refractivity contribution is 5.96. The monoisotopic (exact) mass is 397 g/mol. The average molecular weight is 397 g/mol. The van der Waals surface area contributed by atoms with Crippen molar-refractivity contribution in [3.8, 4) is 5.75 Å². The Bertz CT molecular complexity index is 817. The van der Waals surface area contributed by atoms with Crippen LogP contribution in [0.2, 0.25) is 0 Å². The molecule has 0 spiro atoms. The van der Waals surface area contributed by atoms with Crippen molar-refractivity contribution in [2.24, 2.45) is 0 Å². The molecule has 1 heterocycles. The summed E-state index contributed by atoms with van der Waals surface area (Å²) in [6.45, 7) is 3.83. The second-order valence-corrected chi connectivity index (χ2v) is 6.78. The fraction of sp³-hybridized carbons (Fsp3) is 0.364. The predicted molar refractivity (Wildman–Crippen MR) is 112 cm³/mol. The average Bonchev–Trinajstić information content (AvgIpc) is 3.26. The zero-order valence-corrected chi connectivity index (χ0v) is 16.6. The summed E-state index contributed by atoms with van der Waals surface area (Å²) < 4.78 is 11.5. The van der Waals surface area contributed by atoms with Gasteiger partial charge in [0.05, 0.1) is 18.3 Å². The standard InChI is InChI=1S/C22H27N3O4/c1-2-23-22(27)16-9-11-17(12-10-16)25-21(26)14-24-19-7-3-4-8-20(19)29-15-18-6-5-13-28-18/h3-4,7-12,18,24H,2,5-6,13-15H2,1H3,(H,23,27)(H,25,26). The zero-order valence-electron chi connectivity index (χ0n) is 16.6. The Labute approximate surface area is 170 Å². The van der Waals surface area contributed by atoms with Gasteiger partial charge in [-0.2, -0.15) is 0 Å². The van der Waals surface area contributed by atoms with Gasteiger partial charge in [-0.25, -0.2) is 0 Å². The molecule has 2 aromatic rings. The number of benzene rings is 2. The van der Waals surface area contributed by atoms with Gasteiger partial charge in [-0.3, -0.25) is 9.59 Å². The molecule has 7 heteroatoms. The summed E-state index contributed by atoms with van der Waals surface area (Å²) in [6.07, 6.45) is 2.21. The van der Waals surface area contributed by atoms with E-state index in [4.69, 9.17) is 9.47 Å². The van der Waals surface area contributed by atoms with E-state index in [1.54, 1.807) is 24.3 Å². The zero-order chi connectivity index (χ0) is 20.5. The highest BCUT2D eigenvalue weighted by atomic mass is 16.5. The van der Waals surface area contributed by atoms with Gasteiger partial charge in [-0.15, -0.1) is 0 Å². The maximum atomic E-state index is 12.3. The second-order valence-electron chi connectivity index (χ2n) is 6.78. The van der Waals surface area contributed by atoms with Crippen LogP contribution in [0.3, 0.4) is 0 Å².